The van der Waals surface area contributed by atoms with Crippen LogP contribution in [0.3, 0.4) is 0 Å². The van der Waals surface area contributed by atoms with E-state index in [9.17, 15) is 0 Å². The van der Waals surface area contributed by atoms with Gasteiger partial charge in [-0.1, -0.05) is 32.4 Å². The summed E-state index contributed by atoms with van der Waals surface area (Å²) < 4.78 is 0. The number of nitrogens with one attached hydrogen (secondary N) is 2. The van der Waals surface area contributed by atoms with Crippen molar-refractivity contribution < 1.29 is 0 Å². The van der Waals surface area contributed by atoms with Crippen LogP contribution in [0.5, 0.6) is 0 Å². The minimum absolute atomic E-state index is 0.546. The van der Waals surface area contributed by atoms with Crippen LogP contribution in [0.1, 0.15) is 57.9 Å². The highest BCUT2D eigenvalue weighted by Gasteiger charge is 2.18. The van der Waals surface area contributed by atoms with Crippen molar-refractivity contribution in [3.8, 4) is 0 Å². The zero-order valence-corrected chi connectivity index (χ0v) is 14.1. The third kappa shape index (κ3) is 5.66. The molecule has 0 unspecified atom stereocenters. The number of rotatable bonds is 5. The zero-order chi connectivity index (χ0) is 15.1. The minimum atomic E-state index is 0.546. The fourth-order valence-corrected chi connectivity index (χ4v) is 3.18. The number of hydrogen-bond donors (Lipinski definition) is 2. The molecular formula is C18H28N2S. The summed E-state index contributed by atoms with van der Waals surface area (Å²) in [6.07, 6.45) is 8.76. The molecule has 2 N–H and O–H groups in total. The molecule has 1 fully saturated rings. The SMILES string of the molecule is CCCCc1ccc(NC(=S)NC2CCC(C)CC2)cc1. The molecule has 116 valence electrons. The predicted octanol–water partition coefficient (Wildman–Crippen LogP) is 4.89. The Balaban J connectivity index is 1.77. The zero-order valence-electron chi connectivity index (χ0n) is 13.3. The molecule has 2 rings (SSSR count). The first kappa shape index (κ1) is 16.3. The Morgan fingerprint density at radius 3 is 2.43 bits per heavy atom. The number of aryl methyl sites for hydroxylation is 1. The van der Waals surface area contributed by atoms with Crippen LogP contribution in [-0.4, -0.2) is 11.2 Å². The van der Waals surface area contributed by atoms with Gasteiger partial charge in [-0.3, -0.25) is 0 Å². The van der Waals surface area contributed by atoms with E-state index in [-0.39, 0.29) is 0 Å². The second-order valence-electron chi connectivity index (χ2n) is 6.36. The monoisotopic (exact) mass is 304 g/mol. The summed E-state index contributed by atoms with van der Waals surface area (Å²) in [4.78, 5) is 0. The van der Waals surface area contributed by atoms with Gasteiger partial charge in [-0.05, 0) is 74.4 Å². The van der Waals surface area contributed by atoms with Crippen molar-refractivity contribution in [1.82, 2.24) is 5.32 Å². The van der Waals surface area contributed by atoms with Gasteiger partial charge in [0, 0.05) is 11.7 Å². The van der Waals surface area contributed by atoms with Crippen molar-refractivity contribution in [3.63, 3.8) is 0 Å². The molecule has 1 saturated carbocycles. The van der Waals surface area contributed by atoms with E-state index in [0.717, 1.165) is 16.7 Å². The Morgan fingerprint density at radius 2 is 1.81 bits per heavy atom. The number of benzene rings is 1. The van der Waals surface area contributed by atoms with Crippen LogP contribution < -0.4 is 10.6 Å². The molecule has 0 atom stereocenters. The lowest BCUT2D eigenvalue weighted by atomic mass is 9.87. The van der Waals surface area contributed by atoms with Crippen molar-refractivity contribution in [1.29, 1.82) is 0 Å². The maximum Gasteiger partial charge on any atom is 0.170 e. The lowest BCUT2D eigenvalue weighted by Crippen LogP contribution is -2.39. The van der Waals surface area contributed by atoms with Crippen molar-refractivity contribution in [2.45, 2.75) is 64.8 Å². The number of unbranched alkanes of at least 4 members (excludes halogenated alkanes) is 1. The molecule has 1 aromatic carbocycles. The predicted molar refractivity (Wildman–Crippen MR) is 95.8 cm³/mol. The van der Waals surface area contributed by atoms with E-state index in [1.807, 2.05) is 0 Å². The maximum absolute atomic E-state index is 5.43. The molecule has 1 aromatic rings. The number of hydrogen-bond acceptors (Lipinski definition) is 1. The van der Waals surface area contributed by atoms with Gasteiger partial charge in [0.25, 0.3) is 0 Å². The average molecular weight is 305 g/mol. The molecule has 0 saturated heterocycles. The van der Waals surface area contributed by atoms with Gasteiger partial charge < -0.3 is 10.6 Å². The minimum Gasteiger partial charge on any atom is -0.360 e. The van der Waals surface area contributed by atoms with Crippen molar-refractivity contribution >= 4 is 23.0 Å². The topological polar surface area (TPSA) is 24.1 Å². The van der Waals surface area contributed by atoms with Crippen LogP contribution in [0.25, 0.3) is 0 Å². The molecule has 0 heterocycles. The van der Waals surface area contributed by atoms with Crippen LogP contribution in [0.15, 0.2) is 24.3 Å². The Kier molecular flexibility index (Phi) is 6.50. The first-order chi connectivity index (χ1) is 10.2. The maximum atomic E-state index is 5.43. The summed E-state index contributed by atoms with van der Waals surface area (Å²) in [5.74, 6) is 0.875. The normalized spacial score (nSPS) is 21.8. The number of anilines is 1. The van der Waals surface area contributed by atoms with E-state index in [4.69, 9.17) is 12.2 Å². The van der Waals surface area contributed by atoms with E-state index in [1.165, 1.54) is 50.5 Å². The lowest BCUT2D eigenvalue weighted by Gasteiger charge is -2.28. The second kappa shape index (κ2) is 8.38. The highest BCUT2D eigenvalue weighted by Crippen LogP contribution is 2.23. The quantitative estimate of drug-likeness (QED) is 0.757. The Bertz CT molecular complexity index is 433. The standard InChI is InChI=1S/C18H28N2S/c1-3-4-5-15-8-12-17(13-9-15)20-18(21)19-16-10-6-14(2)7-11-16/h8-9,12-14,16H,3-7,10-11H2,1-2H3,(H2,19,20,21). The highest BCUT2D eigenvalue weighted by molar-refractivity contribution is 7.80. The molecule has 21 heavy (non-hydrogen) atoms. The van der Waals surface area contributed by atoms with Crippen LogP contribution in [0, 0.1) is 5.92 Å². The smallest absolute Gasteiger partial charge is 0.170 e. The van der Waals surface area contributed by atoms with E-state index < -0.39 is 0 Å². The molecular weight excluding hydrogens is 276 g/mol. The average Bonchev–Trinajstić information content (AvgIpc) is 2.49. The molecule has 0 bridgehead atoms. The largest absolute Gasteiger partial charge is 0.360 e. The molecule has 0 aromatic heterocycles. The summed E-state index contributed by atoms with van der Waals surface area (Å²) in [7, 11) is 0. The van der Waals surface area contributed by atoms with Gasteiger partial charge in [-0.2, -0.15) is 0 Å². The Labute approximate surface area is 134 Å². The molecule has 0 amide bonds. The summed E-state index contributed by atoms with van der Waals surface area (Å²) >= 11 is 5.43. The third-order valence-electron chi connectivity index (χ3n) is 4.38. The Morgan fingerprint density at radius 1 is 1.14 bits per heavy atom. The van der Waals surface area contributed by atoms with E-state index in [1.54, 1.807) is 0 Å². The van der Waals surface area contributed by atoms with Crippen molar-refractivity contribution in [3.05, 3.63) is 29.8 Å². The fraction of sp³-hybridized carbons (Fsp3) is 0.611. The van der Waals surface area contributed by atoms with Gasteiger partial charge in [0.1, 0.15) is 0 Å². The van der Waals surface area contributed by atoms with Crippen molar-refractivity contribution in [2.24, 2.45) is 5.92 Å². The lowest BCUT2D eigenvalue weighted by molar-refractivity contribution is 0.332. The summed E-state index contributed by atoms with van der Waals surface area (Å²) in [5.41, 5.74) is 2.49. The molecule has 1 aliphatic carbocycles. The van der Waals surface area contributed by atoms with Gasteiger partial charge >= 0.3 is 0 Å². The summed E-state index contributed by atoms with van der Waals surface area (Å²) in [5, 5.41) is 7.52. The molecule has 0 spiro atoms. The van der Waals surface area contributed by atoms with E-state index in [2.05, 4.69) is 48.7 Å². The van der Waals surface area contributed by atoms with Gasteiger partial charge in [-0.25, -0.2) is 0 Å². The summed E-state index contributed by atoms with van der Waals surface area (Å²) in [6.45, 7) is 4.57. The van der Waals surface area contributed by atoms with Crippen LogP contribution in [0.2, 0.25) is 0 Å². The molecule has 2 nitrogen and oxygen atoms in total. The Hall–Kier alpha value is -1.09. The summed E-state index contributed by atoms with van der Waals surface area (Å²) in [6, 6.07) is 9.19. The molecule has 0 aliphatic heterocycles. The van der Waals surface area contributed by atoms with Gasteiger partial charge in [0.15, 0.2) is 5.11 Å². The van der Waals surface area contributed by atoms with Gasteiger partial charge in [0.05, 0.1) is 0 Å². The van der Waals surface area contributed by atoms with Crippen LogP contribution >= 0.6 is 12.2 Å². The van der Waals surface area contributed by atoms with Gasteiger partial charge in [-0.15, -0.1) is 0 Å². The fourth-order valence-electron chi connectivity index (χ4n) is 2.89. The third-order valence-corrected chi connectivity index (χ3v) is 4.60. The number of thiocarbonyl (C=S) groups is 1. The highest BCUT2D eigenvalue weighted by atomic mass is 32.1. The van der Waals surface area contributed by atoms with Crippen LogP contribution in [-0.2, 0) is 6.42 Å². The van der Waals surface area contributed by atoms with Gasteiger partial charge in [0.2, 0.25) is 0 Å². The molecule has 0 radical (unpaired) electrons. The van der Waals surface area contributed by atoms with E-state index in [0.29, 0.717) is 6.04 Å². The first-order valence-corrected chi connectivity index (χ1v) is 8.74. The first-order valence-electron chi connectivity index (χ1n) is 8.34. The van der Waals surface area contributed by atoms with Crippen molar-refractivity contribution in [2.75, 3.05) is 5.32 Å². The molecule has 1 aliphatic rings. The van der Waals surface area contributed by atoms with E-state index >= 15 is 0 Å². The van der Waals surface area contributed by atoms with Crippen LogP contribution in [0.4, 0.5) is 5.69 Å². The molecule has 3 heteroatoms. The second-order valence-corrected chi connectivity index (χ2v) is 6.76.